The van der Waals surface area contributed by atoms with Crippen LogP contribution in [0, 0.1) is 0 Å². The van der Waals surface area contributed by atoms with Crippen molar-refractivity contribution in [3.05, 3.63) is 53.3 Å². The lowest BCUT2D eigenvalue weighted by Crippen LogP contribution is -2.53. The van der Waals surface area contributed by atoms with Gasteiger partial charge in [-0.05, 0) is 83.3 Å². The van der Waals surface area contributed by atoms with Gasteiger partial charge in [-0.1, -0.05) is 23.7 Å². The smallest absolute Gasteiger partial charge is 0.317 e. The van der Waals surface area contributed by atoms with Gasteiger partial charge < -0.3 is 20.0 Å². The summed E-state index contributed by atoms with van der Waals surface area (Å²) in [6.07, 6.45) is 6.28. The van der Waals surface area contributed by atoms with E-state index in [1.165, 1.54) is 18.4 Å². The standard InChI is InChI=1S/C29H39ClN6O/c1-20(2)32-29(37)35-15-13-34(14-16-35)27-7-10-31-36-19-24(18-28(27)36)25-6-5-23(17-26(25)30)22-8-11-33(12-9-22)21(3)4/h5-7,10,17-22H,8-9,11-16H2,1-4H3,(H,32,37). The van der Waals surface area contributed by atoms with Crippen LogP contribution in [-0.2, 0) is 0 Å². The maximum atomic E-state index is 12.4. The fraction of sp³-hybridized carbons (Fsp3) is 0.517. The number of hydrogen-bond acceptors (Lipinski definition) is 4. The molecule has 0 bridgehead atoms. The maximum absolute atomic E-state index is 12.4. The van der Waals surface area contributed by atoms with Gasteiger partial charge in [0.15, 0.2) is 0 Å². The minimum Gasteiger partial charge on any atom is -0.366 e. The minimum atomic E-state index is 0.0167. The summed E-state index contributed by atoms with van der Waals surface area (Å²) in [5.41, 5.74) is 5.64. The Labute approximate surface area is 225 Å². The number of anilines is 1. The van der Waals surface area contributed by atoms with Crippen molar-refractivity contribution < 1.29 is 4.79 Å². The molecule has 0 aliphatic carbocycles. The van der Waals surface area contributed by atoms with E-state index in [1.807, 2.05) is 29.5 Å². The van der Waals surface area contributed by atoms with Gasteiger partial charge in [0, 0.05) is 66.8 Å². The van der Waals surface area contributed by atoms with Gasteiger partial charge in [0.25, 0.3) is 0 Å². The molecule has 2 fully saturated rings. The van der Waals surface area contributed by atoms with Gasteiger partial charge in [-0.3, -0.25) is 0 Å². The molecule has 7 nitrogen and oxygen atoms in total. The number of urea groups is 1. The summed E-state index contributed by atoms with van der Waals surface area (Å²) in [5.74, 6) is 0.573. The van der Waals surface area contributed by atoms with Gasteiger partial charge in [-0.25, -0.2) is 9.31 Å². The maximum Gasteiger partial charge on any atom is 0.317 e. The van der Waals surface area contributed by atoms with Crippen LogP contribution in [0.2, 0.25) is 5.02 Å². The first kappa shape index (κ1) is 25.9. The molecule has 2 aliphatic rings. The summed E-state index contributed by atoms with van der Waals surface area (Å²) < 4.78 is 1.94. The molecule has 37 heavy (non-hydrogen) atoms. The largest absolute Gasteiger partial charge is 0.366 e. The number of piperidine rings is 1. The van der Waals surface area contributed by atoms with Gasteiger partial charge in [0.05, 0.1) is 11.2 Å². The summed E-state index contributed by atoms with van der Waals surface area (Å²) in [4.78, 5) is 19.2. The van der Waals surface area contributed by atoms with Gasteiger partial charge >= 0.3 is 6.03 Å². The normalized spacial score (nSPS) is 17.8. The molecule has 3 aromatic rings. The predicted molar refractivity (Wildman–Crippen MR) is 152 cm³/mol. The third-order valence-corrected chi connectivity index (χ3v) is 8.15. The number of carbonyl (C=O) groups excluding carboxylic acids is 1. The Balaban J connectivity index is 1.32. The van der Waals surface area contributed by atoms with E-state index in [2.05, 4.69) is 70.6 Å². The zero-order chi connectivity index (χ0) is 26.1. The molecule has 0 unspecified atom stereocenters. The van der Waals surface area contributed by atoms with Crippen molar-refractivity contribution in [3.63, 3.8) is 0 Å². The van der Waals surface area contributed by atoms with Gasteiger partial charge in [0.1, 0.15) is 0 Å². The summed E-state index contributed by atoms with van der Waals surface area (Å²) >= 11 is 6.87. The number of aromatic nitrogens is 2. The molecule has 8 heteroatoms. The number of hydrogen-bond donors (Lipinski definition) is 1. The Hall–Kier alpha value is -2.77. The molecule has 0 radical (unpaired) electrons. The molecule has 0 saturated carbocycles. The Morgan fingerprint density at radius 1 is 1.00 bits per heavy atom. The van der Waals surface area contributed by atoms with Crippen LogP contribution in [0.5, 0.6) is 0 Å². The highest BCUT2D eigenvalue weighted by molar-refractivity contribution is 6.33. The van der Waals surface area contributed by atoms with Crippen LogP contribution in [0.15, 0.2) is 42.7 Å². The molecule has 5 rings (SSSR count). The van der Waals surface area contributed by atoms with Crippen LogP contribution >= 0.6 is 11.6 Å². The average molecular weight is 523 g/mol. The lowest BCUT2D eigenvalue weighted by molar-refractivity contribution is 0.172. The van der Waals surface area contributed by atoms with Crippen LogP contribution in [0.4, 0.5) is 10.5 Å². The fourth-order valence-corrected chi connectivity index (χ4v) is 5.97. The lowest BCUT2D eigenvalue weighted by atomic mass is 9.88. The molecule has 4 heterocycles. The Bertz CT molecular complexity index is 1240. The van der Waals surface area contributed by atoms with Crippen LogP contribution < -0.4 is 10.2 Å². The van der Waals surface area contributed by atoms with E-state index in [0.29, 0.717) is 25.0 Å². The van der Waals surface area contributed by atoms with E-state index in [1.54, 1.807) is 0 Å². The number of fused-ring (bicyclic) bond motifs is 1. The van der Waals surface area contributed by atoms with Gasteiger partial charge in [0.2, 0.25) is 0 Å². The number of piperazine rings is 1. The first-order valence-corrected chi connectivity index (χ1v) is 14.0. The van der Waals surface area contributed by atoms with Crippen molar-refractivity contribution in [3.8, 4) is 11.1 Å². The molecular formula is C29H39ClN6O. The number of amides is 2. The summed E-state index contributed by atoms with van der Waals surface area (Å²) in [6.45, 7) is 13.8. The molecule has 2 saturated heterocycles. The van der Waals surface area contributed by atoms with Crippen molar-refractivity contribution in [2.75, 3.05) is 44.2 Å². The molecule has 1 N–H and O–H groups in total. The third kappa shape index (κ3) is 5.58. The van der Waals surface area contributed by atoms with Crippen molar-refractivity contribution in [2.45, 2.75) is 58.5 Å². The van der Waals surface area contributed by atoms with Crippen LogP contribution in [0.1, 0.15) is 52.0 Å². The van der Waals surface area contributed by atoms with E-state index in [0.717, 1.165) is 53.5 Å². The molecule has 198 valence electrons. The molecule has 1 aromatic carbocycles. The van der Waals surface area contributed by atoms with Gasteiger partial charge in [-0.15, -0.1) is 0 Å². The molecule has 2 aliphatic heterocycles. The molecule has 0 atom stereocenters. The van der Waals surface area contributed by atoms with E-state index in [4.69, 9.17) is 11.6 Å². The zero-order valence-corrected chi connectivity index (χ0v) is 23.2. The molecule has 0 spiro atoms. The highest BCUT2D eigenvalue weighted by atomic mass is 35.5. The number of benzene rings is 1. The van der Waals surface area contributed by atoms with Crippen molar-refractivity contribution in [1.82, 2.24) is 24.7 Å². The highest BCUT2D eigenvalue weighted by Crippen LogP contribution is 2.36. The predicted octanol–water partition coefficient (Wildman–Crippen LogP) is 5.48. The number of nitrogens with zero attached hydrogens (tertiary/aromatic N) is 5. The number of likely N-dealkylation sites (tertiary alicyclic amines) is 1. The van der Waals surface area contributed by atoms with Crippen molar-refractivity contribution >= 4 is 28.8 Å². The fourth-order valence-electron chi connectivity index (χ4n) is 5.67. The number of rotatable bonds is 5. The number of carbonyl (C=O) groups is 1. The first-order chi connectivity index (χ1) is 17.8. The summed E-state index contributed by atoms with van der Waals surface area (Å²) in [7, 11) is 0. The first-order valence-electron chi connectivity index (χ1n) is 13.6. The van der Waals surface area contributed by atoms with Crippen LogP contribution in [0.3, 0.4) is 0 Å². The van der Waals surface area contributed by atoms with Crippen LogP contribution in [-0.4, -0.2) is 76.8 Å². The SMILES string of the molecule is CC(C)NC(=O)N1CCN(c2ccnn3cc(-c4ccc(C5CCN(C(C)C)CC5)cc4Cl)cc23)CC1. The van der Waals surface area contributed by atoms with E-state index in [9.17, 15) is 4.79 Å². The van der Waals surface area contributed by atoms with Crippen molar-refractivity contribution in [2.24, 2.45) is 0 Å². The monoisotopic (exact) mass is 522 g/mol. The second kappa shape index (κ2) is 10.9. The average Bonchev–Trinajstić information content (AvgIpc) is 3.32. The number of halogens is 1. The molecule has 2 amide bonds. The van der Waals surface area contributed by atoms with Crippen molar-refractivity contribution in [1.29, 1.82) is 0 Å². The second-order valence-electron chi connectivity index (χ2n) is 11.0. The molecular weight excluding hydrogens is 484 g/mol. The Kier molecular flexibility index (Phi) is 7.63. The highest BCUT2D eigenvalue weighted by Gasteiger charge is 2.25. The summed E-state index contributed by atoms with van der Waals surface area (Å²) in [5, 5.41) is 8.36. The third-order valence-electron chi connectivity index (χ3n) is 7.84. The van der Waals surface area contributed by atoms with Crippen LogP contribution in [0.25, 0.3) is 16.6 Å². The molecule has 2 aromatic heterocycles. The topological polar surface area (TPSA) is 56.1 Å². The Morgan fingerprint density at radius 3 is 2.38 bits per heavy atom. The Morgan fingerprint density at radius 2 is 1.73 bits per heavy atom. The summed E-state index contributed by atoms with van der Waals surface area (Å²) in [6, 6.07) is 11.6. The second-order valence-corrected chi connectivity index (χ2v) is 11.4. The number of nitrogens with one attached hydrogen (secondary N) is 1. The van der Waals surface area contributed by atoms with E-state index < -0.39 is 0 Å². The zero-order valence-electron chi connectivity index (χ0n) is 22.5. The van der Waals surface area contributed by atoms with E-state index >= 15 is 0 Å². The minimum absolute atomic E-state index is 0.0167. The lowest BCUT2D eigenvalue weighted by Gasteiger charge is -2.36. The van der Waals surface area contributed by atoms with E-state index in [-0.39, 0.29) is 12.1 Å². The van der Waals surface area contributed by atoms with Gasteiger partial charge in [-0.2, -0.15) is 5.10 Å². The quantitative estimate of drug-likeness (QED) is 0.482.